The molecule has 41 heavy (non-hydrogen) atoms. The first kappa shape index (κ1) is 29.0. The summed E-state index contributed by atoms with van der Waals surface area (Å²) >= 11 is 0. The number of aliphatic hydroxyl groups is 1. The maximum atomic E-state index is 13.5. The molecule has 5 rings (SSSR count). The van der Waals surface area contributed by atoms with Crippen LogP contribution in [0, 0.1) is 0 Å². The number of morpholine rings is 1. The summed E-state index contributed by atoms with van der Waals surface area (Å²) < 4.78 is 22.8. The largest absolute Gasteiger partial charge is 0.507 e. The van der Waals surface area contributed by atoms with Gasteiger partial charge in [0.25, 0.3) is 11.7 Å². The fourth-order valence-corrected chi connectivity index (χ4v) is 5.77. The summed E-state index contributed by atoms with van der Waals surface area (Å²) in [5.74, 6) is 0.402. The highest BCUT2D eigenvalue weighted by atomic mass is 16.5. The zero-order valence-corrected chi connectivity index (χ0v) is 24.2. The Hall–Kier alpha value is -3.56. The summed E-state index contributed by atoms with van der Waals surface area (Å²) in [4.78, 5) is 30.9. The van der Waals surface area contributed by atoms with Crippen LogP contribution < -0.4 is 14.2 Å². The third-order valence-corrected chi connectivity index (χ3v) is 7.95. The lowest BCUT2D eigenvalue weighted by Gasteiger charge is -2.29. The number of fused-ring (bicyclic) bond motifs is 1. The number of hydrogen-bond acceptors (Lipinski definition) is 8. The molecule has 0 bridgehead atoms. The van der Waals surface area contributed by atoms with Gasteiger partial charge in [-0.2, -0.15) is 0 Å². The Morgan fingerprint density at radius 1 is 1.05 bits per heavy atom. The van der Waals surface area contributed by atoms with Crippen LogP contribution in [0.15, 0.2) is 42.0 Å². The van der Waals surface area contributed by atoms with Crippen LogP contribution in [0.5, 0.6) is 17.2 Å². The van der Waals surface area contributed by atoms with Gasteiger partial charge in [-0.15, -0.1) is 0 Å². The van der Waals surface area contributed by atoms with Crippen molar-refractivity contribution in [2.45, 2.75) is 51.7 Å². The maximum absolute atomic E-state index is 13.5. The van der Waals surface area contributed by atoms with E-state index in [1.807, 2.05) is 31.2 Å². The van der Waals surface area contributed by atoms with Crippen molar-refractivity contribution < 1.29 is 33.6 Å². The normalized spacial score (nSPS) is 22.1. The van der Waals surface area contributed by atoms with Crippen molar-refractivity contribution in [3.63, 3.8) is 0 Å². The van der Waals surface area contributed by atoms with Gasteiger partial charge in [0.15, 0.2) is 11.5 Å². The Bertz CT molecular complexity index is 1300. The Morgan fingerprint density at radius 2 is 1.85 bits per heavy atom. The lowest BCUT2D eigenvalue weighted by Crippen LogP contribution is -2.39. The number of ketones is 1. The van der Waals surface area contributed by atoms with Crippen LogP contribution in [0.3, 0.4) is 0 Å². The summed E-state index contributed by atoms with van der Waals surface area (Å²) in [6, 6.07) is 10.1. The molecule has 0 spiro atoms. The number of rotatable bonds is 11. The molecular formula is C32H40N2O7. The molecule has 2 aromatic rings. The van der Waals surface area contributed by atoms with Crippen LogP contribution in [-0.2, 0) is 20.7 Å². The predicted molar refractivity (Wildman–Crippen MR) is 155 cm³/mol. The number of amides is 1. The van der Waals surface area contributed by atoms with Crippen LogP contribution in [0.1, 0.15) is 55.8 Å². The molecule has 1 N–H and O–H groups in total. The Kier molecular flexibility index (Phi) is 9.15. The molecule has 0 aromatic heterocycles. The number of ether oxygens (including phenoxy) is 4. The number of unbranched alkanes of at least 4 members (excludes halogenated alkanes) is 1. The number of hydrogen-bond donors (Lipinski definition) is 1. The van der Waals surface area contributed by atoms with E-state index in [0.29, 0.717) is 61.8 Å². The van der Waals surface area contributed by atoms with Gasteiger partial charge < -0.3 is 29.0 Å². The molecule has 0 unspecified atom stereocenters. The van der Waals surface area contributed by atoms with E-state index in [-0.39, 0.29) is 17.4 Å². The molecule has 9 heteroatoms. The number of nitrogens with zero attached hydrogens (tertiary/aromatic N) is 2. The van der Waals surface area contributed by atoms with Gasteiger partial charge in [-0.05, 0) is 61.2 Å². The van der Waals surface area contributed by atoms with Crippen LogP contribution >= 0.6 is 0 Å². The summed E-state index contributed by atoms with van der Waals surface area (Å²) in [5.41, 5.74) is 2.21. The second-order valence-corrected chi connectivity index (χ2v) is 10.9. The number of carbonyl (C=O) groups is 2. The maximum Gasteiger partial charge on any atom is 0.295 e. The van der Waals surface area contributed by atoms with Crippen molar-refractivity contribution in [1.82, 2.24) is 9.80 Å². The Balaban J connectivity index is 1.50. The van der Waals surface area contributed by atoms with Crippen molar-refractivity contribution >= 4 is 17.4 Å². The fraction of sp³-hybridized carbons (Fsp3) is 0.500. The van der Waals surface area contributed by atoms with Gasteiger partial charge in [0, 0.05) is 38.2 Å². The fourth-order valence-electron chi connectivity index (χ4n) is 5.77. The number of Topliss-reactive ketones (excluding diaryl/α,β-unsaturated/α-hetero) is 1. The minimum atomic E-state index is -0.762. The first-order valence-corrected chi connectivity index (χ1v) is 14.6. The Labute approximate surface area is 241 Å². The molecule has 0 aliphatic carbocycles. The van der Waals surface area contributed by atoms with Gasteiger partial charge >= 0.3 is 0 Å². The van der Waals surface area contributed by atoms with Gasteiger partial charge in [0.05, 0.1) is 38.5 Å². The highest BCUT2D eigenvalue weighted by Crippen LogP contribution is 2.43. The van der Waals surface area contributed by atoms with Crippen LogP contribution in [-0.4, -0.2) is 85.8 Å². The monoisotopic (exact) mass is 564 g/mol. The average Bonchev–Trinajstić information content (AvgIpc) is 3.48. The van der Waals surface area contributed by atoms with E-state index < -0.39 is 17.7 Å². The highest BCUT2D eigenvalue weighted by molar-refractivity contribution is 6.46. The molecule has 2 saturated heterocycles. The van der Waals surface area contributed by atoms with E-state index in [2.05, 4.69) is 11.8 Å². The first-order chi connectivity index (χ1) is 19.9. The van der Waals surface area contributed by atoms with Crippen molar-refractivity contribution in [2.75, 3.05) is 53.1 Å². The smallest absolute Gasteiger partial charge is 0.295 e. The van der Waals surface area contributed by atoms with Gasteiger partial charge in [-0.3, -0.25) is 14.5 Å². The molecule has 9 nitrogen and oxygen atoms in total. The Morgan fingerprint density at radius 3 is 2.61 bits per heavy atom. The van der Waals surface area contributed by atoms with Crippen molar-refractivity contribution in [3.8, 4) is 17.2 Å². The molecule has 0 radical (unpaired) electrons. The lowest BCUT2D eigenvalue weighted by atomic mass is 9.94. The van der Waals surface area contributed by atoms with E-state index >= 15 is 0 Å². The van der Waals surface area contributed by atoms with E-state index in [0.717, 1.165) is 43.8 Å². The van der Waals surface area contributed by atoms with Crippen molar-refractivity contribution in [3.05, 3.63) is 58.7 Å². The second-order valence-electron chi connectivity index (χ2n) is 10.9. The molecular weight excluding hydrogens is 524 g/mol. The zero-order chi connectivity index (χ0) is 28.9. The van der Waals surface area contributed by atoms with Gasteiger partial charge in [-0.1, -0.05) is 19.4 Å². The summed E-state index contributed by atoms with van der Waals surface area (Å²) in [7, 11) is 1.57. The molecule has 2 aromatic carbocycles. The standard InChI is InChI=1S/C32H40N2O7/c1-4-5-15-40-26-10-7-22(20-27(26)38-3)29-28(30(35)23-8-9-25-24(19-23)18-21(2)41-25)31(36)32(37)34(29)12-6-11-33-13-16-39-17-14-33/h7-10,19-21,29,35H,4-6,11-18H2,1-3H3/t21-,29-/m0/s1. The van der Waals surface area contributed by atoms with E-state index in [4.69, 9.17) is 18.9 Å². The zero-order valence-electron chi connectivity index (χ0n) is 24.2. The third kappa shape index (κ3) is 6.21. The number of likely N-dealkylation sites (tertiary alicyclic amines) is 1. The highest BCUT2D eigenvalue weighted by Gasteiger charge is 2.46. The summed E-state index contributed by atoms with van der Waals surface area (Å²) in [6.07, 6.45) is 3.37. The topological polar surface area (TPSA) is 97.8 Å². The quantitative estimate of drug-likeness (QED) is 0.186. The van der Waals surface area contributed by atoms with Gasteiger partial charge in [0.2, 0.25) is 0 Å². The first-order valence-electron chi connectivity index (χ1n) is 14.6. The van der Waals surface area contributed by atoms with Crippen molar-refractivity contribution in [2.24, 2.45) is 0 Å². The number of methoxy groups -OCH3 is 1. The summed E-state index contributed by atoms with van der Waals surface area (Å²) in [5, 5.41) is 11.6. The molecule has 3 aliphatic rings. The SMILES string of the molecule is CCCCOc1ccc([C@H]2C(=C(O)c3ccc4c(c3)C[C@H](C)O4)C(=O)C(=O)N2CCCN2CCOCC2)cc1OC. The van der Waals surface area contributed by atoms with Crippen LogP contribution in [0.25, 0.3) is 5.76 Å². The molecule has 2 atom stereocenters. The van der Waals surface area contributed by atoms with E-state index in [1.54, 1.807) is 24.1 Å². The number of benzene rings is 2. The third-order valence-electron chi connectivity index (χ3n) is 7.95. The van der Waals surface area contributed by atoms with Crippen molar-refractivity contribution in [1.29, 1.82) is 0 Å². The van der Waals surface area contributed by atoms with Crippen LogP contribution in [0.2, 0.25) is 0 Å². The summed E-state index contributed by atoms with van der Waals surface area (Å²) in [6.45, 7) is 8.90. The minimum Gasteiger partial charge on any atom is -0.507 e. The van der Waals surface area contributed by atoms with Gasteiger partial charge in [0.1, 0.15) is 17.6 Å². The lowest BCUT2D eigenvalue weighted by molar-refractivity contribution is -0.140. The van der Waals surface area contributed by atoms with E-state index in [9.17, 15) is 14.7 Å². The predicted octanol–water partition coefficient (Wildman–Crippen LogP) is 4.34. The molecule has 3 aliphatic heterocycles. The second kappa shape index (κ2) is 13.0. The number of carbonyl (C=O) groups excluding carboxylic acids is 2. The molecule has 3 heterocycles. The average molecular weight is 565 g/mol. The van der Waals surface area contributed by atoms with E-state index in [1.165, 1.54) is 0 Å². The molecule has 0 saturated carbocycles. The molecule has 1 amide bonds. The van der Waals surface area contributed by atoms with Crippen LogP contribution in [0.4, 0.5) is 0 Å². The minimum absolute atomic E-state index is 0.0463. The molecule has 220 valence electrons. The number of aliphatic hydroxyl groups excluding tert-OH is 1. The van der Waals surface area contributed by atoms with Gasteiger partial charge in [-0.25, -0.2) is 0 Å². The molecule has 2 fully saturated rings.